The van der Waals surface area contributed by atoms with Crippen LogP contribution in [0.25, 0.3) is 11.1 Å². The molecule has 2 aliphatic rings. The Kier molecular flexibility index (Phi) is 5.81. The number of pyridine rings is 1. The van der Waals surface area contributed by atoms with Gasteiger partial charge in [0.25, 0.3) is 11.5 Å². The van der Waals surface area contributed by atoms with Crippen molar-refractivity contribution in [2.75, 3.05) is 20.8 Å². The van der Waals surface area contributed by atoms with Gasteiger partial charge < -0.3 is 24.0 Å². The van der Waals surface area contributed by atoms with Gasteiger partial charge in [-0.3, -0.25) is 19.4 Å². The fourth-order valence-corrected chi connectivity index (χ4v) is 5.34. The Morgan fingerprint density at radius 3 is 2.69 bits per heavy atom. The second kappa shape index (κ2) is 8.95. The van der Waals surface area contributed by atoms with Crippen LogP contribution in [-0.2, 0) is 16.1 Å². The number of fused-ring (bicyclic) bond motifs is 4. The topological polar surface area (TPSA) is 124 Å². The lowest BCUT2D eigenvalue weighted by Crippen LogP contribution is -2.49. The van der Waals surface area contributed by atoms with Gasteiger partial charge in [-0.2, -0.15) is 0 Å². The van der Waals surface area contributed by atoms with Gasteiger partial charge in [-0.15, -0.1) is 0 Å². The number of aromatic nitrogens is 3. The molecule has 3 aromatic rings. The van der Waals surface area contributed by atoms with Crippen molar-refractivity contribution >= 4 is 11.9 Å². The zero-order valence-corrected chi connectivity index (χ0v) is 19.2. The van der Waals surface area contributed by atoms with Gasteiger partial charge in [0.2, 0.25) is 0 Å². The molecule has 0 aliphatic carbocycles. The summed E-state index contributed by atoms with van der Waals surface area (Å²) in [6.07, 6.45) is 4.24. The van der Waals surface area contributed by atoms with Crippen LogP contribution in [0.15, 0.2) is 59.8 Å². The van der Waals surface area contributed by atoms with Gasteiger partial charge in [-0.05, 0) is 29.8 Å². The number of hydrogen-bond acceptors (Lipinski definition) is 8. The van der Waals surface area contributed by atoms with E-state index in [0.29, 0.717) is 22.6 Å². The number of carbonyl (C=O) groups is 2. The molecule has 10 heteroatoms. The number of nitrogens with zero attached hydrogens (tertiary/aromatic N) is 4. The summed E-state index contributed by atoms with van der Waals surface area (Å²) in [7, 11) is 2.83. The van der Waals surface area contributed by atoms with Crippen molar-refractivity contribution in [2.45, 2.75) is 18.6 Å². The molecular formula is C25H24N4O6. The Morgan fingerprint density at radius 1 is 1.17 bits per heavy atom. The maximum absolute atomic E-state index is 13.6. The third kappa shape index (κ3) is 3.57. The van der Waals surface area contributed by atoms with Crippen LogP contribution in [0.1, 0.15) is 22.2 Å². The van der Waals surface area contributed by atoms with E-state index in [1.165, 1.54) is 25.7 Å². The molecular weight excluding hydrogens is 452 g/mol. The fraction of sp³-hybridized carbons (Fsp3) is 0.320. The van der Waals surface area contributed by atoms with Crippen molar-refractivity contribution in [2.24, 2.45) is 11.8 Å². The van der Waals surface area contributed by atoms with Crippen LogP contribution in [0.4, 0.5) is 0 Å². The molecule has 180 valence electrons. The SMILES string of the molecule is COC(=O)[C@H]1[C@H](CO)[C@H]2Cn3c(ccc(-c4cccc(OC)c4)c3=O)[C@@H]1N2C(=O)c1cnccn1. The maximum Gasteiger partial charge on any atom is 0.311 e. The Labute approximate surface area is 200 Å². The highest BCUT2D eigenvalue weighted by Crippen LogP contribution is 2.49. The Hall–Kier alpha value is -4.05. The van der Waals surface area contributed by atoms with Crippen LogP contribution < -0.4 is 10.3 Å². The van der Waals surface area contributed by atoms with Crippen molar-refractivity contribution in [1.82, 2.24) is 19.4 Å². The monoisotopic (exact) mass is 476 g/mol. The summed E-state index contributed by atoms with van der Waals surface area (Å²) in [5.41, 5.74) is 1.53. The Bertz CT molecular complexity index is 1340. The van der Waals surface area contributed by atoms with E-state index in [1.54, 1.807) is 46.9 Å². The maximum atomic E-state index is 13.6. The van der Waals surface area contributed by atoms with E-state index in [9.17, 15) is 19.5 Å². The van der Waals surface area contributed by atoms with Crippen LogP contribution in [0.3, 0.4) is 0 Å². The second-order valence-electron chi connectivity index (χ2n) is 8.53. The van der Waals surface area contributed by atoms with Crippen molar-refractivity contribution in [3.63, 3.8) is 0 Å². The molecule has 0 radical (unpaired) electrons. The summed E-state index contributed by atoms with van der Waals surface area (Å²) >= 11 is 0. The first-order valence-electron chi connectivity index (χ1n) is 11.2. The molecule has 4 atom stereocenters. The normalized spacial score (nSPS) is 22.4. The van der Waals surface area contributed by atoms with Crippen LogP contribution in [-0.4, -0.2) is 63.3 Å². The lowest BCUT2D eigenvalue weighted by Gasteiger charge is -2.38. The molecule has 1 aromatic carbocycles. The number of benzene rings is 1. The van der Waals surface area contributed by atoms with Crippen molar-refractivity contribution in [3.8, 4) is 16.9 Å². The van der Waals surface area contributed by atoms with Gasteiger partial charge in [-0.1, -0.05) is 12.1 Å². The molecule has 10 nitrogen and oxygen atoms in total. The molecule has 1 saturated heterocycles. The molecule has 5 rings (SSSR count). The van der Waals surface area contributed by atoms with Gasteiger partial charge in [0, 0.05) is 42.7 Å². The minimum Gasteiger partial charge on any atom is -0.497 e. The van der Waals surface area contributed by atoms with Crippen LogP contribution in [0, 0.1) is 11.8 Å². The molecule has 0 spiro atoms. The standard InChI is InChI=1S/C25H24N4O6/c1-34-15-5-3-4-14(10-15)16-6-7-19-22-21(25(33)35-2)17(13-30)20(12-28(19)23(16)31)29(22)24(32)18-11-26-8-9-27-18/h3-11,17,20-22,30H,12-13H2,1-2H3/t17-,20-,21+,22+/m1/s1. The zero-order chi connectivity index (χ0) is 24.7. The largest absolute Gasteiger partial charge is 0.497 e. The Morgan fingerprint density at radius 2 is 2.00 bits per heavy atom. The van der Waals surface area contributed by atoms with E-state index in [1.807, 2.05) is 6.07 Å². The van der Waals surface area contributed by atoms with E-state index < -0.39 is 35.8 Å². The van der Waals surface area contributed by atoms with Crippen LogP contribution in [0.5, 0.6) is 5.75 Å². The Balaban J connectivity index is 1.66. The van der Waals surface area contributed by atoms with E-state index in [-0.39, 0.29) is 24.4 Å². The highest BCUT2D eigenvalue weighted by Gasteiger charge is 2.58. The van der Waals surface area contributed by atoms with Crippen LogP contribution >= 0.6 is 0 Å². The predicted molar refractivity (Wildman–Crippen MR) is 124 cm³/mol. The highest BCUT2D eigenvalue weighted by molar-refractivity contribution is 5.93. The van der Waals surface area contributed by atoms with Crippen molar-refractivity contribution in [3.05, 3.63) is 76.7 Å². The molecule has 2 bridgehead atoms. The van der Waals surface area contributed by atoms with E-state index in [2.05, 4.69) is 9.97 Å². The number of aliphatic hydroxyl groups is 1. The van der Waals surface area contributed by atoms with Gasteiger partial charge in [0.05, 0.1) is 38.4 Å². The first-order chi connectivity index (χ1) is 17.0. The van der Waals surface area contributed by atoms with Gasteiger partial charge >= 0.3 is 5.97 Å². The molecule has 1 N–H and O–H groups in total. The zero-order valence-electron chi connectivity index (χ0n) is 19.2. The van der Waals surface area contributed by atoms with E-state index in [4.69, 9.17) is 9.47 Å². The summed E-state index contributed by atoms with van der Waals surface area (Å²) in [6.45, 7) is -0.232. The lowest BCUT2D eigenvalue weighted by atomic mass is 9.87. The molecule has 2 aliphatic heterocycles. The average Bonchev–Trinajstić information content (AvgIpc) is 3.14. The predicted octanol–water partition coefficient (Wildman–Crippen LogP) is 1.29. The number of ether oxygens (including phenoxy) is 2. The molecule has 0 saturated carbocycles. The number of carbonyl (C=O) groups excluding carboxylic acids is 2. The van der Waals surface area contributed by atoms with Gasteiger partial charge in [-0.25, -0.2) is 4.98 Å². The lowest BCUT2D eigenvalue weighted by molar-refractivity contribution is -0.148. The minimum atomic E-state index is -0.841. The molecule has 2 aromatic heterocycles. The minimum absolute atomic E-state index is 0.118. The van der Waals surface area contributed by atoms with Crippen molar-refractivity contribution in [1.29, 1.82) is 0 Å². The number of methoxy groups -OCH3 is 2. The number of aliphatic hydroxyl groups excluding tert-OH is 1. The third-order valence-corrected chi connectivity index (χ3v) is 6.92. The number of rotatable bonds is 5. The van der Waals surface area contributed by atoms with Gasteiger partial charge in [0.15, 0.2) is 0 Å². The smallest absolute Gasteiger partial charge is 0.311 e. The van der Waals surface area contributed by atoms with Gasteiger partial charge in [0.1, 0.15) is 11.4 Å². The number of amides is 1. The van der Waals surface area contributed by atoms with Crippen LogP contribution in [0.2, 0.25) is 0 Å². The number of esters is 1. The fourth-order valence-electron chi connectivity index (χ4n) is 5.34. The van der Waals surface area contributed by atoms with Crippen molar-refractivity contribution < 1.29 is 24.2 Å². The quantitative estimate of drug-likeness (QED) is 0.547. The third-order valence-electron chi connectivity index (χ3n) is 6.92. The summed E-state index contributed by atoms with van der Waals surface area (Å²) in [5, 5.41) is 10.3. The molecule has 0 unspecified atom stereocenters. The molecule has 35 heavy (non-hydrogen) atoms. The average molecular weight is 476 g/mol. The first-order valence-corrected chi connectivity index (χ1v) is 11.2. The molecule has 4 heterocycles. The summed E-state index contributed by atoms with van der Waals surface area (Å²) in [6, 6.07) is 9.22. The summed E-state index contributed by atoms with van der Waals surface area (Å²) < 4.78 is 11.9. The number of hydrogen-bond donors (Lipinski definition) is 1. The first kappa shape index (κ1) is 22.7. The molecule has 1 amide bonds. The highest BCUT2D eigenvalue weighted by atomic mass is 16.5. The molecule has 1 fully saturated rings. The summed E-state index contributed by atoms with van der Waals surface area (Å²) in [5.74, 6) is -1.81. The van der Waals surface area contributed by atoms with E-state index >= 15 is 0 Å². The second-order valence-corrected chi connectivity index (χ2v) is 8.53. The van der Waals surface area contributed by atoms with E-state index in [0.717, 1.165) is 0 Å². The summed E-state index contributed by atoms with van der Waals surface area (Å²) in [4.78, 5) is 49.7.